The van der Waals surface area contributed by atoms with Crippen LogP contribution in [-0.2, 0) is 35.8 Å². The van der Waals surface area contributed by atoms with E-state index in [0.29, 0.717) is 12.2 Å². The number of fused-ring (bicyclic) bond motifs is 1. The van der Waals surface area contributed by atoms with Crippen LogP contribution in [-0.4, -0.2) is 41.1 Å². The van der Waals surface area contributed by atoms with Crippen LogP contribution in [0.25, 0.3) is 11.0 Å². The van der Waals surface area contributed by atoms with Crippen LogP contribution in [0, 0.1) is 0 Å². The van der Waals surface area contributed by atoms with Gasteiger partial charge in [0.1, 0.15) is 12.2 Å². The summed E-state index contributed by atoms with van der Waals surface area (Å²) in [6.45, 7) is 2.77. The number of rotatable bonds is 9. The standard InChI is InChI=1S/C18H22N6O4/c1-2-8-23-14-5-3-4-6-15(14)24(18(23)28)9-7-16(25)19-10-13-11-22(21-20-13)12-17(26)27/h3-6,11H,2,7-10,12H2,1H3,(H,19,25)(H,26,27). The number of carboxylic acid groups (broad SMARTS) is 1. The van der Waals surface area contributed by atoms with Gasteiger partial charge in [0.25, 0.3) is 0 Å². The van der Waals surface area contributed by atoms with Crippen LogP contribution in [0.15, 0.2) is 35.3 Å². The Hall–Kier alpha value is -3.43. The molecule has 0 bridgehead atoms. The van der Waals surface area contributed by atoms with Crippen LogP contribution >= 0.6 is 0 Å². The molecular weight excluding hydrogens is 364 g/mol. The van der Waals surface area contributed by atoms with Crippen molar-refractivity contribution >= 4 is 22.9 Å². The molecule has 148 valence electrons. The van der Waals surface area contributed by atoms with Gasteiger partial charge in [-0.1, -0.05) is 24.3 Å². The highest BCUT2D eigenvalue weighted by Crippen LogP contribution is 2.13. The fourth-order valence-corrected chi connectivity index (χ4v) is 3.05. The SMILES string of the molecule is CCCn1c(=O)n(CCC(=O)NCc2cn(CC(=O)O)nn2)c2ccccc21. The van der Waals surface area contributed by atoms with Gasteiger partial charge < -0.3 is 10.4 Å². The fourth-order valence-electron chi connectivity index (χ4n) is 3.05. The van der Waals surface area contributed by atoms with Gasteiger partial charge in [0, 0.05) is 19.5 Å². The molecule has 10 heteroatoms. The van der Waals surface area contributed by atoms with Crippen LogP contribution in [0.4, 0.5) is 0 Å². The molecule has 0 spiro atoms. The smallest absolute Gasteiger partial charge is 0.329 e. The minimum atomic E-state index is -1.02. The summed E-state index contributed by atoms with van der Waals surface area (Å²) in [5.41, 5.74) is 2.02. The van der Waals surface area contributed by atoms with Crippen LogP contribution in [0.3, 0.4) is 0 Å². The molecule has 0 aliphatic heterocycles. The molecule has 28 heavy (non-hydrogen) atoms. The van der Waals surface area contributed by atoms with Crippen molar-refractivity contribution in [2.45, 2.75) is 45.9 Å². The van der Waals surface area contributed by atoms with Crippen molar-refractivity contribution in [2.75, 3.05) is 0 Å². The minimum absolute atomic E-state index is 0.118. The number of nitrogens with one attached hydrogen (secondary N) is 1. The zero-order valence-corrected chi connectivity index (χ0v) is 15.5. The Balaban J connectivity index is 1.62. The number of benzene rings is 1. The van der Waals surface area contributed by atoms with E-state index in [9.17, 15) is 14.4 Å². The first-order chi connectivity index (χ1) is 13.5. The molecule has 0 fully saturated rings. The van der Waals surface area contributed by atoms with Crippen molar-refractivity contribution in [2.24, 2.45) is 0 Å². The molecule has 2 N–H and O–H groups in total. The van der Waals surface area contributed by atoms with Gasteiger partial charge in [-0.05, 0) is 18.6 Å². The molecule has 0 atom stereocenters. The van der Waals surface area contributed by atoms with E-state index in [2.05, 4.69) is 15.6 Å². The Bertz CT molecular complexity index is 1050. The maximum atomic E-state index is 12.7. The van der Waals surface area contributed by atoms with Crippen LogP contribution in [0.5, 0.6) is 0 Å². The third-order valence-corrected chi connectivity index (χ3v) is 4.28. The highest BCUT2D eigenvalue weighted by molar-refractivity contribution is 5.78. The molecule has 0 saturated carbocycles. The summed E-state index contributed by atoms with van der Waals surface area (Å²) in [7, 11) is 0. The predicted octanol–water partition coefficient (Wildman–Crippen LogP) is 0.596. The van der Waals surface area contributed by atoms with Gasteiger partial charge in [-0.25, -0.2) is 9.48 Å². The lowest BCUT2D eigenvalue weighted by molar-refractivity contribution is -0.138. The summed E-state index contributed by atoms with van der Waals surface area (Å²) in [5, 5.41) is 18.9. The molecule has 3 rings (SSSR count). The molecule has 0 aliphatic carbocycles. The fraction of sp³-hybridized carbons (Fsp3) is 0.389. The van der Waals surface area contributed by atoms with Crippen molar-refractivity contribution in [1.29, 1.82) is 0 Å². The first kappa shape index (κ1) is 19.3. The Morgan fingerprint density at radius 1 is 1.14 bits per heavy atom. The van der Waals surface area contributed by atoms with Crippen molar-refractivity contribution in [3.63, 3.8) is 0 Å². The maximum Gasteiger partial charge on any atom is 0.329 e. The average Bonchev–Trinajstić information content (AvgIpc) is 3.21. The number of hydrogen-bond acceptors (Lipinski definition) is 5. The van der Waals surface area contributed by atoms with Gasteiger partial charge >= 0.3 is 11.7 Å². The molecule has 3 aromatic rings. The van der Waals surface area contributed by atoms with Gasteiger partial charge in [-0.15, -0.1) is 5.10 Å². The number of nitrogens with zero attached hydrogens (tertiary/aromatic N) is 5. The Labute approximate surface area is 160 Å². The lowest BCUT2D eigenvalue weighted by Crippen LogP contribution is -2.28. The predicted molar refractivity (Wildman–Crippen MR) is 101 cm³/mol. The number of carboxylic acids is 1. The number of aromatic nitrogens is 5. The second kappa shape index (κ2) is 8.51. The molecule has 0 radical (unpaired) electrons. The van der Waals surface area contributed by atoms with E-state index < -0.39 is 5.97 Å². The number of amides is 1. The van der Waals surface area contributed by atoms with E-state index in [0.717, 1.165) is 17.5 Å². The Kier molecular flexibility index (Phi) is 5.87. The normalized spacial score (nSPS) is 11.0. The third kappa shape index (κ3) is 4.27. The first-order valence-corrected chi connectivity index (χ1v) is 9.05. The monoisotopic (exact) mass is 386 g/mol. The van der Waals surface area contributed by atoms with Crippen LogP contribution in [0.2, 0.25) is 0 Å². The lowest BCUT2D eigenvalue weighted by Gasteiger charge is -2.04. The van der Waals surface area contributed by atoms with E-state index in [1.165, 1.54) is 10.9 Å². The van der Waals surface area contributed by atoms with Crippen LogP contribution in [0.1, 0.15) is 25.5 Å². The largest absolute Gasteiger partial charge is 0.480 e. The topological polar surface area (TPSA) is 124 Å². The third-order valence-electron chi connectivity index (χ3n) is 4.28. The van der Waals surface area contributed by atoms with E-state index in [-0.39, 0.29) is 37.7 Å². The zero-order chi connectivity index (χ0) is 20.1. The first-order valence-electron chi connectivity index (χ1n) is 9.05. The van der Waals surface area contributed by atoms with Crippen molar-refractivity contribution in [1.82, 2.24) is 29.4 Å². The minimum Gasteiger partial charge on any atom is -0.480 e. The van der Waals surface area contributed by atoms with E-state index >= 15 is 0 Å². The number of para-hydroxylation sites is 2. The number of imidazole rings is 1. The van der Waals surface area contributed by atoms with Gasteiger partial charge in [-0.2, -0.15) is 0 Å². The molecule has 0 aliphatic rings. The second-order valence-corrected chi connectivity index (χ2v) is 6.40. The number of carbonyl (C=O) groups is 2. The van der Waals surface area contributed by atoms with E-state index in [4.69, 9.17) is 5.11 Å². The quantitative estimate of drug-likeness (QED) is 0.555. The van der Waals surface area contributed by atoms with Crippen molar-refractivity contribution < 1.29 is 14.7 Å². The summed E-state index contributed by atoms with van der Waals surface area (Å²) >= 11 is 0. The van der Waals surface area contributed by atoms with E-state index in [1.54, 1.807) is 9.13 Å². The molecule has 0 unspecified atom stereocenters. The number of carbonyl (C=O) groups excluding carboxylic acids is 1. The van der Waals surface area contributed by atoms with Gasteiger partial charge in [-0.3, -0.25) is 18.7 Å². The molecule has 2 aromatic heterocycles. The number of aliphatic carboxylic acids is 1. The highest BCUT2D eigenvalue weighted by Gasteiger charge is 2.13. The molecule has 2 heterocycles. The highest BCUT2D eigenvalue weighted by atomic mass is 16.4. The summed E-state index contributed by atoms with van der Waals surface area (Å²) in [5.74, 6) is -1.25. The number of hydrogen-bond donors (Lipinski definition) is 2. The van der Waals surface area contributed by atoms with Gasteiger partial charge in [0.15, 0.2) is 0 Å². The van der Waals surface area contributed by atoms with Gasteiger partial charge in [0.2, 0.25) is 5.91 Å². The summed E-state index contributed by atoms with van der Waals surface area (Å²) < 4.78 is 4.54. The average molecular weight is 386 g/mol. The summed E-state index contributed by atoms with van der Waals surface area (Å²) in [6.07, 6.45) is 2.46. The molecule has 1 aromatic carbocycles. The lowest BCUT2D eigenvalue weighted by atomic mass is 10.3. The second-order valence-electron chi connectivity index (χ2n) is 6.40. The molecule has 0 saturated heterocycles. The molecular formula is C18H22N6O4. The van der Waals surface area contributed by atoms with Crippen LogP contribution < -0.4 is 11.0 Å². The maximum absolute atomic E-state index is 12.7. The summed E-state index contributed by atoms with van der Waals surface area (Å²) in [6, 6.07) is 7.54. The van der Waals surface area contributed by atoms with E-state index in [1.807, 2.05) is 31.2 Å². The molecule has 1 amide bonds. The van der Waals surface area contributed by atoms with Gasteiger partial charge in [0.05, 0.1) is 23.8 Å². The zero-order valence-electron chi connectivity index (χ0n) is 15.5. The summed E-state index contributed by atoms with van der Waals surface area (Å²) in [4.78, 5) is 35.5. The Morgan fingerprint density at radius 2 is 1.82 bits per heavy atom. The Morgan fingerprint density at radius 3 is 2.46 bits per heavy atom. The number of aryl methyl sites for hydroxylation is 2. The van der Waals surface area contributed by atoms with Crippen molar-refractivity contribution in [3.05, 3.63) is 46.6 Å². The van der Waals surface area contributed by atoms with Crippen molar-refractivity contribution in [3.8, 4) is 0 Å². The molecule has 10 nitrogen and oxygen atoms in total.